The summed E-state index contributed by atoms with van der Waals surface area (Å²) in [7, 11) is 0. The van der Waals surface area contributed by atoms with E-state index in [1.54, 1.807) is 0 Å². The Morgan fingerprint density at radius 3 is 2.80 bits per heavy atom. The lowest BCUT2D eigenvalue weighted by atomic mass is 10.3. The fourth-order valence-electron chi connectivity index (χ4n) is 0.616. The van der Waals surface area contributed by atoms with Crippen LogP contribution in [0.1, 0.15) is 13.3 Å². The minimum Gasteiger partial charge on any atom is -1.00 e. The molecule has 1 heterocycles. The molecule has 0 aromatic heterocycles. The molecule has 0 saturated heterocycles. The third-order valence-electron chi connectivity index (χ3n) is 1.12. The molecule has 1 rings (SSSR count). The van der Waals surface area contributed by atoms with Gasteiger partial charge in [0.2, 0.25) is 0 Å². The Morgan fingerprint density at radius 2 is 2.40 bits per heavy atom. The molecular weight excluding hydrogens is 214 g/mol. The van der Waals surface area contributed by atoms with E-state index < -0.39 is 0 Å². The van der Waals surface area contributed by atoms with E-state index in [4.69, 9.17) is 5.11 Å². The third kappa shape index (κ3) is 2.39. The van der Waals surface area contributed by atoms with Crippen LogP contribution in [0.5, 0.6) is 0 Å². The van der Waals surface area contributed by atoms with Gasteiger partial charge < -0.3 is 22.1 Å². The van der Waals surface area contributed by atoms with Crippen LogP contribution >= 0.6 is 11.8 Å². The van der Waals surface area contributed by atoms with Crippen molar-refractivity contribution < 1.29 is 22.1 Å². The predicted molar refractivity (Wildman–Crippen MR) is 39.4 cm³/mol. The average Bonchev–Trinajstić information content (AvgIpc) is 2.18. The van der Waals surface area contributed by atoms with Crippen LogP contribution in [0.25, 0.3) is 0 Å². The fourth-order valence-corrected chi connectivity index (χ4v) is 1.30. The number of allylic oxidation sites excluding steroid dienone is 1. The zero-order valence-electron chi connectivity index (χ0n) is 5.59. The second-order valence-electron chi connectivity index (χ2n) is 1.79. The van der Waals surface area contributed by atoms with E-state index in [1.807, 2.05) is 6.92 Å². The van der Waals surface area contributed by atoms with E-state index in [9.17, 15) is 0 Å². The molecule has 1 N–H and O–H groups in total. The van der Waals surface area contributed by atoms with Crippen LogP contribution in [-0.4, -0.2) is 17.3 Å². The molecule has 0 spiro atoms. The predicted octanol–water partition coefficient (Wildman–Crippen LogP) is -1.74. The highest BCUT2D eigenvalue weighted by Gasteiger charge is 2.18. The SMILES string of the molecule is CC1=C(CCO)S[C+]=N1.[Br-]. The molecule has 0 aromatic carbocycles. The van der Waals surface area contributed by atoms with Gasteiger partial charge in [-0.15, -0.1) is 0 Å². The Hall–Kier alpha value is 0.110. The van der Waals surface area contributed by atoms with Crippen molar-refractivity contribution in [2.75, 3.05) is 6.61 Å². The van der Waals surface area contributed by atoms with Crippen LogP contribution in [0.15, 0.2) is 15.6 Å². The molecule has 0 amide bonds. The van der Waals surface area contributed by atoms with Gasteiger partial charge in [-0.05, 0) is 0 Å². The van der Waals surface area contributed by atoms with E-state index in [-0.39, 0.29) is 23.6 Å². The Kier molecular flexibility index (Phi) is 4.91. The summed E-state index contributed by atoms with van der Waals surface area (Å²) in [6.07, 6.45) is 0.715. The molecule has 56 valence electrons. The highest BCUT2D eigenvalue weighted by atomic mass is 79.9. The van der Waals surface area contributed by atoms with Crippen LogP contribution < -0.4 is 17.0 Å². The van der Waals surface area contributed by atoms with Crippen LogP contribution in [-0.2, 0) is 0 Å². The van der Waals surface area contributed by atoms with Gasteiger partial charge in [-0.2, -0.15) is 0 Å². The molecule has 1 aliphatic heterocycles. The summed E-state index contributed by atoms with van der Waals surface area (Å²) < 4.78 is 0. The van der Waals surface area contributed by atoms with Gasteiger partial charge in [0, 0.05) is 24.9 Å². The highest BCUT2D eigenvalue weighted by Crippen LogP contribution is 2.26. The molecule has 0 radical (unpaired) electrons. The van der Waals surface area contributed by atoms with Gasteiger partial charge in [0.05, 0.1) is 0 Å². The summed E-state index contributed by atoms with van der Waals surface area (Å²) in [5, 5.41) is 8.53. The first-order valence-electron chi connectivity index (χ1n) is 2.78. The molecule has 2 nitrogen and oxygen atoms in total. The highest BCUT2D eigenvalue weighted by molar-refractivity contribution is 8.15. The van der Waals surface area contributed by atoms with Gasteiger partial charge >= 0.3 is 0 Å². The van der Waals surface area contributed by atoms with Crippen molar-refractivity contribution in [1.29, 1.82) is 0 Å². The quantitative estimate of drug-likeness (QED) is 0.562. The van der Waals surface area contributed by atoms with Crippen molar-refractivity contribution in [1.82, 2.24) is 0 Å². The molecule has 0 saturated carbocycles. The number of aliphatic imine (C=N–C) groups is 1. The van der Waals surface area contributed by atoms with Gasteiger partial charge in [-0.25, -0.2) is 0 Å². The zero-order valence-corrected chi connectivity index (χ0v) is 8.00. The molecule has 0 aromatic rings. The second kappa shape index (κ2) is 4.85. The van der Waals surface area contributed by atoms with E-state index in [0.717, 1.165) is 10.6 Å². The topological polar surface area (TPSA) is 32.6 Å². The largest absolute Gasteiger partial charge is 1.00 e. The number of halogens is 1. The van der Waals surface area contributed by atoms with Crippen LogP contribution in [0.3, 0.4) is 0 Å². The summed E-state index contributed by atoms with van der Waals surface area (Å²) in [6, 6.07) is 0. The lowest BCUT2D eigenvalue weighted by molar-refractivity contribution is -0.00000299. The van der Waals surface area contributed by atoms with Crippen LogP contribution in [0, 0.1) is 0 Å². The van der Waals surface area contributed by atoms with Gasteiger partial charge in [-0.1, -0.05) is 0 Å². The van der Waals surface area contributed by atoms with Crippen molar-refractivity contribution in [3.05, 3.63) is 10.6 Å². The van der Waals surface area contributed by atoms with Gasteiger partial charge in [0.15, 0.2) is 5.70 Å². The van der Waals surface area contributed by atoms with Gasteiger partial charge in [-0.3, -0.25) is 0 Å². The fraction of sp³-hybridized carbons (Fsp3) is 0.500. The molecule has 0 bridgehead atoms. The van der Waals surface area contributed by atoms with Gasteiger partial charge in [0.25, 0.3) is 5.55 Å². The molecule has 4 heteroatoms. The molecule has 1 aliphatic rings. The average molecular weight is 222 g/mol. The van der Waals surface area contributed by atoms with Crippen molar-refractivity contribution in [3.63, 3.8) is 0 Å². The van der Waals surface area contributed by atoms with E-state index >= 15 is 0 Å². The Morgan fingerprint density at radius 1 is 1.70 bits per heavy atom. The van der Waals surface area contributed by atoms with E-state index in [2.05, 4.69) is 10.5 Å². The summed E-state index contributed by atoms with van der Waals surface area (Å²) >= 11 is 1.48. The summed E-state index contributed by atoms with van der Waals surface area (Å²) in [4.78, 5) is 5.05. The van der Waals surface area contributed by atoms with E-state index in [1.165, 1.54) is 11.8 Å². The molecule has 0 fully saturated rings. The number of hydrogen-bond acceptors (Lipinski definition) is 3. The standard InChI is InChI=1S/C6H8NOS.BrH/c1-5-6(2-3-8)9-4-7-5;/h8H,2-3H2,1H3;1H/q+1;/p-1. The zero-order chi connectivity index (χ0) is 6.69. The molecule has 0 atom stereocenters. The minimum absolute atomic E-state index is 0. The summed E-state index contributed by atoms with van der Waals surface area (Å²) in [6.45, 7) is 2.13. The van der Waals surface area contributed by atoms with Crippen molar-refractivity contribution in [3.8, 4) is 0 Å². The summed E-state index contributed by atoms with van der Waals surface area (Å²) in [5.41, 5.74) is 3.76. The monoisotopic (exact) mass is 221 g/mol. The Balaban J connectivity index is 0.000000810. The number of aliphatic hydroxyl groups is 1. The van der Waals surface area contributed by atoms with Crippen LogP contribution in [0.2, 0.25) is 0 Å². The number of rotatable bonds is 2. The number of nitrogens with zero attached hydrogens (tertiary/aromatic N) is 1. The maximum Gasteiger partial charge on any atom is 0.272 e. The van der Waals surface area contributed by atoms with E-state index in [0.29, 0.717) is 6.42 Å². The normalized spacial score (nSPS) is 15.0. The van der Waals surface area contributed by atoms with Gasteiger partial charge in [0.1, 0.15) is 16.7 Å². The number of thioether (sulfide) groups is 1. The molecule has 0 aliphatic carbocycles. The summed E-state index contributed by atoms with van der Waals surface area (Å²) in [5.74, 6) is 0. The first kappa shape index (κ1) is 10.1. The Bertz CT molecular complexity index is 167. The van der Waals surface area contributed by atoms with Crippen molar-refractivity contribution in [2.45, 2.75) is 13.3 Å². The maximum absolute atomic E-state index is 8.53. The van der Waals surface area contributed by atoms with Crippen molar-refractivity contribution >= 4 is 17.3 Å². The first-order chi connectivity index (χ1) is 4.34. The Labute approximate surface area is 75.2 Å². The number of aliphatic hydroxyl groups excluding tert-OH is 1. The first-order valence-corrected chi connectivity index (χ1v) is 3.59. The smallest absolute Gasteiger partial charge is 0.272 e. The molecule has 10 heavy (non-hydrogen) atoms. The number of hydrogen-bond donors (Lipinski definition) is 1. The lowest BCUT2D eigenvalue weighted by Gasteiger charge is -1.86. The third-order valence-corrected chi connectivity index (χ3v) is 2.05. The van der Waals surface area contributed by atoms with Crippen LogP contribution in [0.4, 0.5) is 0 Å². The molecular formula is C6H8BrNOS. The second-order valence-corrected chi connectivity index (χ2v) is 2.67. The van der Waals surface area contributed by atoms with Crippen molar-refractivity contribution in [2.24, 2.45) is 4.99 Å². The molecule has 0 unspecified atom stereocenters. The lowest BCUT2D eigenvalue weighted by Crippen LogP contribution is -3.00. The minimum atomic E-state index is 0. The maximum atomic E-state index is 8.53.